The Morgan fingerprint density at radius 2 is 1.75 bits per heavy atom. The molecule has 0 unspecified atom stereocenters. The zero-order valence-electron chi connectivity index (χ0n) is 13.8. The molecule has 128 valence electrons. The number of methoxy groups -OCH3 is 2. The molecule has 0 atom stereocenters. The maximum absolute atomic E-state index is 14.0. The second-order valence-electron chi connectivity index (χ2n) is 5.16. The molecule has 24 heavy (non-hydrogen) atoms. The van der Waals surface area contributed by atoms with Crippen molar-refractivity contribution < 1.29 is 18.7 Å². The van der Waals surface area contributed by atoms with Gasteiger partial charge in [-0.05, 0) is 37.3 Å². The number of rotatable bonds is 6. The SMILES string of the molecule is CCN(Cc1cc(Br)ccc1F)C(=O)c1cc(OC)cc(OC)c1. The Bertz CT molecular complexity index is 714. The summed E-state index contributed by atoms with van der Waals surface area (Å²) in [6.07, 6.45) is 0. The van der Waals surface area contributed by atoms with E-state index in [1.54, 1.807) is 35.2 Å². The Morgan fingerprint density at radius 3 is 2.29 bits per heavy atom. The molecule has 0 saturated carbocycles. The lowest BCUT2D eigenvalue weighted by atomic mass is 10.1. The molecule has 1 amide bonds. The highest BCUT2D eigenvalue weighted by Crippen LogP contribution is 2.24. The van der Waals surface area contributed by atoms with Crippen LogP contribution in [0.5, 0.6) is 11.5 Å². The fourth-order valence-corrected chi connectivity index (χ4v) is 2.72. The average molecular weight is 396 g/mol. The fraction of sp³-hybridized carbons (Fsp3) is 0.278. The predicted octanol–water partition coefficient (Wildman–Crippen LogP) is 4.27. The lowest BCUT2D eigenvalue weighted by molar-refractivity contribution is 0.0750. The molecule has 0 aliphatic rings. The molecule has 0 N–H and O–H groups in total. The molecule has 0 aliphatic heterocycles. The van der Waals surface area contributed by atoms with Crippen molar-refractivity contribution >= 4 is 21.8 Å². The van der Waals surface area contributed by atoms with Gasteiger partial charge >= 0.3 is 0 Å². The third-order valence-corrected chi connectivity index (χ3v) is 4.13. The highest BCUT2D eigenvalue weighted by Gasteiger charge is 2.18. The van der Waals surface area contributed by atoms with Crippen LogP contribution in [0.25, 0.3) is 0 Å². The predicted molar refractivity (Wildman–Crippen MR) is 94.1 cm³/mol. The average Bonchev–Trinajstić information content (AvgIpc) is 2.61. The van der Waals surface area contributed by atoms with Crippen LogP contribution in [-0.4, -0.2) is 31.6 Å². The van der Waals surface area contributed by atoms with Gasteiger partial charge in [-0.2, -0.15) is 0 Å². The molecule has 0 saturated heterocycles. The van der Waals surface area contributed by atoms with Crippen LogP contribution in [-0.2, 0) is 6.54 Å². The van der Waals surface area contributed by atoms with Gasteiger partial charge in [-0.3, -0.25) is 4.79 Å². The van der Waals surface area contributed by atoms with Crippen LogP contribution in [0.15, 0.2) is 40.9 Å². The smallest absolute Gasteiger partial charge is 0.254 e. The van der Waals surface area contributed by atoms with Crippen molar-refractivity contribution in [3.8, 4) is 11.5 Å². The van der Waals surface area contributed by atoms with Crippen molar-refractivity contribution in [1.82, 2.24) is 4.90 Å². The maximum atomic E-state index is 14.0. The van der Waals surface area contributed by atoms with E-state index in [4.69, 9.17) is 9.47 Å². The molecule has 0 aromatic heterocycles. The quantitative estimate of drug-likeness (QED) is 0.732. The van der Waals surface area contributed by atoms with E-state index in [0.717, 1.165) is 4.47 Å². The normalized spacial score (nSPS) is 10.4. The Kier molecular flexibility index (Phi) is 6.20. The number of carbonyl (C=O) groups excluding carboxylic acids is 1. The number of nitrogens with zero attached hydrogens (tertiary/aromatic N) is 1. The molecule has 0 heterocycles. The summed E-state index contributed by atoms with van der Waals surface area (Å²) in [6, 6.07) is 9.67. The lowest BCUT2D eigenvalue weighted by Crippen LogP contribution is -2.30. The summed E-state index contributed by atoms with van der Waals surface area (Å²) in [5, 5.41) is 0. The Labute approximate surface area is 149 Å². The highest BCUT2D eigenvalue weighted by atomic mass is 79.9. The van der Waals surface area contributed by atoms with Crippen molar-refractivity contribution in [1.29, 1.82) is 0 Å². The first kappa shape index (κ1) is 18.3. The first-order chi connectivity index (χ1) is 11.5. The van der Waals surface area contributed by atoms with Gasteiger partial charge < -0.3 is 14.4 Å². The first-order valence-electron chi connectivity index (χ1n) is 7.44. The van der Waals surface area contributed by atoms with Gasteiger partial charge in [0.15, 0.2) is 0 Å². The molecule has 4 nitrogen and oxygen atoms in total. The van der Waals surface area contributed by atoms with Crippen LogP contribution in [0.4, 0.5) is 4.39 Å². The number of carbonyl (C=O) groups is 1. The number of amides is 1. The van der Waals surface area contributed by atoms with Crippen LogP contribution < -0.4 is 9.47 Å². The summed E-state index contributed by atoms with van der Waals surface area (Å²) in [6.45, 7) is 2.48. The summed E-state index contributed by atoms with van der Waals surface area (Å²) < 4.78 is 25.1. The van der Waals surface area contributed by atoms with Crippen molar-refractivity contribution in [2.75, 3.05) is 20.8 Å². The molecule has 2 aromatic carbocycles. The molecule has 0 radical (unpaired) electrons. The van der Waals surface area contributed by atoms with Crippen LogP contribution in [0.3, 0.4) is 0 Å². The second kappa shape index (κ2) is 8.15. The van der Waals surface area contributed by atoms with E-state index >= 15 is 0 Å². The molecule has 6 heteroatoms. The third-order valence-electron chi connectivity index (χ3n) is 3.64. The number of ether oxygens (including phenoxy) is 2. The van der Waals surface area contributed by atoms with E-state index < -0.39 is 0 Å². The monoisotopic (exact) mass is 395 g/mol. The van der Waals surface area contributed by atoms with Crippen LogP contribution in [0.1, 0.15) is 22.8 Å². The zero-order chi connectivity index (χ0) is 17.7. The molecule has 0 spiro atoms. The zero-order valence-corrected chi connectivity index (χ0v) is 15.4. The van der Waals surface area contributed by atoms with Crippen molar-refractivity contribution in [2.45, 2.75) is 13.5 Å². The van der Waals surface area contributed by atoms with E-state index in [-0.39, 0.29) is 18.3 Å². The summed E-state index contributed by atoms with van der Waals surface area (Å²) in [7, 11) is 3.05. The van der Waals surface area contributed by atoms with Crippen LogP contribution in [0, 0.1) is 5.82 Å². The van der Waals surface area contributed by atoms with E-state index in [1.165, 1.54) is 20.3 Å². The third kappa shape index (κ3) is 4.26. The maximum Gasteiger partial charge on any atom is 0.254 e. The second-order valence-corrected chi connectivity index (χ2v) is 6.07. The van der Waals surface area contributed by atoms with Crippen LogP contribution in [0.2, 0.25) is 0 Å². The number of hydrogen-bond acceptors (Lipinski definition) is 3. The largest absolute Gasteiger partial charge is 0.497 e. The Morgan fingerprint density at radius 1 is 1.12 bits per heavy atom. The van der Waals surface area contributed by atoms with Crippen molar-refractivity contribution in [2.24, 2.45) is 0 Å². The molecular weight excluding hydrogens is 377 g/mol. The van der Waals surface area contributed by atoms with Gasteiger partial charge in [-0.25, -0.2) is 4.39 Å². The minimum Gasteiger partial charge on any atom is -0.497 e. The number of benzene rings is 2. The van der Waals surface area contributed by atoms with Crippen molar-refractivity contribution in [3.63, 3.8) is 0 Å². The summed E-state index contributed by atoms with van der Waals surface area (Å²) in [5.74, 6) is 0.506. The van der Waals surface area contributed by atoms with E-state index in [2.05, 4.69) is 15.9 Å². The minimum absolute atomic E-state index is 0.181. The van der Waals surface area contributed by atoms with Gasteiger partial charge in [0.1, 0.15) is 17.3 Å². The summed E-state index contributed by atoms with van der Waals surface area (Å²) in [4.78, 5) is 14.4. The van der Waals surface area contributed by atoms with Gasteiger partial charge in [0.2, 0.25) is 0 Å². The van der Waals surface area contributed by atoms with Gasteiger partial charge in [0.05, 0.1) is 14.2 Å². The van der Waals surface area contributed by atoms with E-state index in [9.17, 15) is 9.18 Å². The number of halogens is 2. The van der Waals surface area contributed by atoms with E-state index in [1.807, 2.05) is 6.92 Å². The molecule has 2 aromatic rings. The molecule has 0 fully saturated rings. The standard InChI is InChI=1S/C18H19BrFNO3/c1-4-21(11-13-7-14(19)5-6-17(13)20)18(22)12-8-15(23-2)10-16(9-12)24-3/h5-10H,4,11H2,1-3H3. The first-order valence-corrected chi connectivity index (χ1v) is 8.24. The molecule has 2 rings (SSSR count). The Hall–Kier alpha value is -2.08. The van der Waals surface area contributed by atoms with Gasteiger partial charge in [-0.15, -0.1) is 0 Å². The highest BCUT2D eigenvalue weighted by molar-refractivity contribution is 9.10. The fourth-order valence-electron chi connectivity index (χ4n) is 2.31. The van der Waals surface area contributed by atoms with Crippen LogP contribution >= 0.6 is 15.9 Å². The lowest BCUT2D eigenvalue weighted by Gasteiger charge is -2.22. The summed E-state index contributed by atoms with van der Waals surface area (Å²) in [5.41, 5.74) is 0.887. The number of hydrogen-bond donors (Lipinski definition) is 0. The molecule has 0 bridgehead atoms. The molecular formula is C18H19BrFNO3. The topological polar surface area (TPSA) is 38.8 Å². The van der Waals surface area contributed by atoms with Gasteiger partial charge in [-0.1, -0.05) is 15.9 Å². The Balaban J connectivity index is 2.30. The van der Waals surface area contributed by atoms with E-state index in [0.29, 0.717) is 29.2 Å². The molecule has 0 aliphatic carbocycles. The van der Waals surface area contributed by atoms with Gasteiger partial charge in [0, 0.05) is 34.8 Å². The minimum atomic E-state index is -0.340. The van der Waals surface area contributed by atoms with Gasteiger partial charge in [0.25, 0.3) is 5.91 Å². The summed E-state index contributed by atoms with van der Waals surface area (Å²) >= 11 is 3.32. The van der Waals surface area contributed by atoms with Crippen molar-refractivity contribution in [3.05, 3.63) is 57.8 Å².